The molecule has 2 aliphatic rings. The summed E-state index contributed by atoms with van der Waals surface area (Å²) < 4.78 is 2.31. The fraction of sp³-hybridized carbons (Fsp3) is 0.244. The molecule has 9 rings (SSSR count). The number of carbonyl (C=O) groups excluding carboxylic acids is 2. The molecule has 2 aliphatic heterocycles. The highest BCUT2D eigenvalue weighted by Crippen LogP contribution is 2.36. The Kier molecular flexibility index (Phi) is 9.54. The van der Waals surface area contributed by atoms with E-state index in [-0.39, 0.29) is 0 Å². The summed E-state index contributed by atoms with van der Waals surface area (Å²) in [6.07, 6.45) is 3.66. The Balaban J connectivity index is 0.000000160. The minimum atomic E-state index is 0.476. The van der Waals surface area contributed by atoms with Crippen LogP contribution in [-0.4, -0.2) is 45.2 Å². The number of hydrogen-bond acceptors (Lipinski definition) is 6. The van der Waals surface area contributed by atoms with Gasteiger partial charge in [-0.2, -0.15) is 0 Å². The minimum Gasteiger partial charge on any atom is -0.355 e. The highest BCUT2D eigenvalue weighted by molar-refractivity contribution is 6.30. The molecule has 7 aromatic rings. The van der Waals surface area contributed by atoms with Gasteiger partial charge in [0.25, 0.3) is 0 Å². The number of halogens is 1. The van der Waals surface area contributed by atoms with Crippen LogP contribution in [0.25, 0.3) is 21.8 Å². The molecule has 0 saturated carbocycles. The van der Waals surface area contributed by atoms with E-state index in [0.717, 1.165) is 101 Å². The Morgan fingerprint density at radius 1 is 0.685 bits per heavy atom. The maximum atomic E-state index is 11.7. The van der Waals surface area contributed by atoms with E-state index in [1.165, 1.54) is 39.1 Å². The molecule has 6 heterocycles. The fourth-order valence-corrected chi connectivity index (χ4v) is 8.27. The summed E-state index contributed by atoms with van der Waals surface area (Å²) in [5.74, 6) is 1.77. The van der Waals surface area contributed by atoms with E-state index in [4.69, 9.17) is 16.6 Å². The van der Waals surface area contributed by atoms with Crippen LogP contribution in [-0.2, 0) is 32.5 Å². The van der Waals surface area contributed by atoms with E-state index in [9.17, 15) is 9.59 Å². The molecule has 0 fully saturated rings. The number of pyridine rings is 2. The van der Waals surface area contributed by atoms with Gasteiger partial charge in [0.05, 0.1) is 11.0 Å². The summed E-state index contributed by atoms with van der Waals surface area (Å²) >= 11 is 6.25. The molecule has 0 spiro atoms. The van der Waals surface area contributed by atoms with Gasteiger partial charge in [-0.15, -0.1) is 0 Å². The number of anilines is 2. The normalized spacial score (nSPS) is 13.7. The zero-order valence-electron chi connectivity index (χ0n) is 31.1. The lowest BCUT2D eigenvalue weighted by molar-refractivity contribution is 0.111. The van der Waals surface area contributed by atoms with Crippen LogP contribution in [0.2, 0.25) is 5.02 Å². The lowest BCUT2D eigenvalue weighted by atomic mass is 10.00. The molecule has 3 aromatic carbocycles. The summed E-state index contributed by atoms with van der Waals surface area (Å²) in [5, 5.41) is 2.91. The number of aromatic amines is 1. The van der Waals surface area contributed by atoms with Gasteiger partial charge >= 0.3 is 0 Å². The number of H-pyrrole nitrogens is 1. The first-order chi connectivity index (χ1) is 26.2. The lowest BCUT2D eigenvalue weighted by Crippen LogP contribution is -2.31. The Hall–Kier alpha value is -5.73. The van der Waals surface area contributed by atoms with Gasteiger partial charge in [-0.05, 0) is 104 Å². The summed E-state index contributed by atoms with van der Waals surface area (Å²) in [6, 6.07) is 28.9. The SMILES string of the molecule is Cc1[nH]c2c(N3CCc4ccccc4C3)nc(C=O)cc2c1C.Cc1c(C)n(Cc2cccc(Cl)c2)c2c(N3CCc4ccccc4C3)nc(C=O)cc12. The average molecular weight is 735 g/mol. The number of fused-ring (bicyclic) bond motifs is 4. The standard InChI is InChI=1S/C26H24ClN3O.C19H19N3O/c1-17-18(2)30(14-19-6-5-9-22(27)12-19)25-24(17)13-23(16-31)28-26(25)29-11-10-20-7-3-4-8-21(20)15-29;1-12-13(2)20-18-17(12)9-16(11-23)21-19(18)22-8-7-14-5-3-4-6-15(14)10-22/h3-9,12-13,16H,10-11,14-15H2,1-2H3;3-6,9,11,20H,7-8,10H2,1-2H3. The van der Waals surface area contributed by atoms with E-state index in [0.29, 0.717) is 17.9 Å². The van der Waals surface area contributed by atoms with Crippen molar-refractivity contribution in [3.63, 3.8) is 0 Å². The topological polar surface area (TPSA) is 87.1 Å². The van der Waals surface area contributed by atoms with Crippen molar-refractivity contribution in [3.05, 3.63) is 152 Å². The maximum Gasteiger partial charge on any atom is 0.168 e. The predicted molar refractivity (Wildman–Crippen MR) is 218 cm³/mol. The van der Waals surface area contributed by atoms with Crippen molar-refractivity contribution in [2.75, 3.05) is 22.9 Å². The first-order valence-electron chi connectivity index (χ1n) is 18.5. The number of aryl methyl sites for hydroxylation is 3. The van der Waals surface area contributed by atoms with Gasteiger partial charge in [-0.3, -0.25) is 9.59 Å². The Morgan fingerprint density at radius 3 is 1.87 bits per heavy atom. The zero-order valence-corrected chi connectivity index (χ0v) is 31.9. The molecule has 272 valence electrons. The lowest BCUT2D eigenvalue weighted by Gasteiger charge is -2.31. The van der Waals surface area contributed by atoms with Crippen molar-refractivity contribution in [3.8, 4) is 0 Å². The van der Waals surface area contributed by atoms with E-state index in [2.05, 4.69) is 107 Å². The molecule has 0 aliphatic carbocycles. The third-order valence-electron chi connectivity index (χ3n) is 11.2. The third-order valence-corrected chi connectivity index (χ3v) is 11.5. The first kappa shape index (κ1) is 35.3. The van der Waals surface area contributed by atoms with Gasteiger partial charge in [0, 0.05) is 59.9 Å². The quantitative estimate of drug-likeness (QED) is 0.172. The number of nitrogens with zero attached hydrogens (tertiary/aromatic N) is 5. The molecule has 54 heavy (non-hydrogen) atoms. The second-order valence-electron chi connectivity index (χ2n) is 14.5. The molecule has 0 saturated heterocycles. The van der Waals surface area contributed by atoms with Crippen molar-refractivity contribution in [2.24, 2.45) is 0 Å². The van der Waals surface area contributed by atoms with Crippen LogP contribution in [0.15, 0.2) is 84.9 Å². The molecule has 0 amide bonds. The van der Waals surface area contributed by atoms with Gasteiger partial charge in [0.15, 0.2) is 24.2 Å². The first-order valence-corrected chi connectivity index (χ1v) is 18.9. The second-order valence-corrected chi connectivity index (χ2v) is 14.9. The average Bonchev–Trinajstić information content (AvgIpc) is 3.62. The van der Waals surface area contributed by atoms with Crippen LogP contribution in [0.1, 0.15) is 71.3 Å². The molecule has 0 bridgehead atoms. The van der Waals surface area contributed by atoms with E-state index in [1.54, 1.807) is 0 Å². The van der Waals surface area contributed by atoms with Crippen molar-refractivity contribution in [2.45, 2.75) is 60.2 Å². The summed E-state index contributed by atoms with van der Waals surface area (Å²) in [4.78, 5) is 40.5. The molecule has 4 aromatic heterocycles. The summed E-state index contributed by atoms with van der Waals surface area (Å²) in [6.45, 7) is 12.5. The number of carbonyl (C=O) groups is 2. The number of aromatic nitrogens is 4. The number of benzene rings is 3. The summed E-state index contributed by atoms with van der Waals surface area (Å²) in [5.41, 5.74) is 14.4. The largest absolute Gasteiger partial charge is 0.355 e. The molecule has 0 atom stereocenters. The highest BCUT2D eigenvalue weighted by Gasteiger charge is 2.25. The maximum absolute atomic E-state index is 11.7. The molecule has 1 N–H and O–H groups in total. The van der Waals surface area contributed by atoms with Crippen LogP contribution < -0.4 is 9.80 Å². The van der Waals surface area contributed by atoms with E-state index >= 15 is 0 Å². The molecule has 9 heteroatoms. The van der Waals surface area contributed by atoms with E-state index < -0.39 is 0 Å². The number of aldehydes is 2. The highest BCUT2D eigenvalue weighted by atomic mass is 35.5. The Labute approximate surface area is 320 Å². The van der Waals surface area contributed by atoms with Crippen molar-refractivity contribution in [1.82, 2.24) is 19.5 Å². The van der Waals surface area contributed by atoms with Gasteiger partial charge in [0.1, 0.15) is 11.4 Å². The van der Waals surface area contributed by atoms with Gasteiger partial charge in [-0.1, -0.05) is 72.3 Å². The summed E-state index contributed by atoms with van der Waals surface area (Å²) in [7, 11) is 0. The molecule has 8 nitrogen and oxygen atoms in total. The number of nitrogens with one attached hydrogen (secondary N) is 1. The third kappa shape index (κ3) is 6.56. The molecular weight excluding hydrogens is 692 g/mol. The van der Waals surface area contributed by atoms with Gasteiger partial charge < -0.3 is 19.4 Å². The van der Waals surface area contributed by atoms with E-state index in [1.807, 2.05) is 30.3 Å². The van der Waals surface area contributed by atoms with Gasteiger partial charge in [-0.25, -0.2) is 9.97 Å². The van der Waals surface area contributed by atoms with Crippen molar-refractivity contribution >= 4 is 57.6 Å². The van der Waals surface area contributed by atoms with Crippen LogP contribution in [0.3, 0.4) is 0 Å². The number of rotatable bonds is 6. The monoisotopic (exact) mass is 734 g/mol. The van der Waals surface area contributed by atoms with Crippen molar-refractivity contribution in [1.29, 1.82) is 0 Å². The molecule has 0 unspecified atom stereocenters. The Bertz CT molecular complexity index is 2570. The second kappa shape index (κ2) is 14.6. The smallest absolute Gasteiger partial charge is 0.168 e. The molecule has 0 radical (unpaired) electrons. The predicted octanol–water partition coefficient (Wildman–Crippen LogP) is 9.28. The Morgan fingerprint density at radius 2 is 1.26 bits per heavy atom. The fourth-order valence-electron chi connectivity index (χ4n) is 8.05. The minimum absolute atomic E-state index is 0.476. The molecular formula is C45H43ClN6O2. The van der Waals surface area contributed by atoms with Crippen LogP contribution in [0.5, 0.6) is 0 Å². The van der Waals surface area contributed by atoms with Crippen LogP contribution in [0, 0.1) is 27.7 Å². The van der Waals surface area contributed by atoms with Crippen LogP contribution in [0.4, 0.5) is 11.6 Å². The van der Waals surface area contributed by atoms with Gasteiger partial charge in [0.2, 0.25) is 0 Å². The van der Waals surface area contributed by atoms with Crippen molar-refractivity contribution < 1.29 is 9.59 Å². The number of hydrogen-bond donors (Lipinski definition) is 1. The van der Waals surface area contributed by atoms with Crippen LogP contribution >= 0.6 is 11.6 Å². The zero-order chi connectivity index (χ0) is 37.5.